The van der Waals surface area contributed by atoms with Gasteiger partial charge in [0.1, 0.15) is 0 Å². The second-order valence-corrected chi connectivity index (χ2v) is 4.67. The average Bonchev–Trinajstić information content (AvgIpc) is 2.89. The van der Waals surface area contributed by atoms with Gasteiger partial charge in [0.25, 0.3) is 0 Å². The molecule has 0 aromatic heterocycles. The predicted octanol–water partition coefficient (Wildman–Crippen LogP) is -0.602. The van der Waals surface area contributed by atoms with Crippen LogP contribution in [-0.4, -0.2) is 42.1 Å². The van der Waals surface area contributed by atoms with Crippen molar-refractivity contribution in [2.45, 2.75) is 38.9 Å². The molecular weight excluding hydrogens is 222 g/mol. The number of carboxylic acids is 1. The van der Waals surface area contributed by atoms with Crippen LogP contribution in [0.4, 0.5) is 0 Å². The van der Waals surface area contributed by atoms with E-state index < -0.39 is 17.8 Å². The Hall–Kier alpha value is -1.10. The maximum absolute atomic E-state index is 12.3. The highest BCUT2D eigenvalue weighted by Gasteiger charge is 2.53. The van der Waals surface area contributed by atoms with Crippen LogP contribution in [0.1, 0.15) is 26.7 Å². The maximum atomic E-state index is 12.3. The zero-order valence-electron chi connectivity index (χ0n) is 10.2. The van der Waals surface area contributed by atoms with Crippen LogP contribution >= 0.6 is 0 Å². The highest BCUT2D eigenvalue weighted by molar-refractivity contribution is 5.86. The van der Waals surface area contributed by atoms with E-state index >= 15 is 0 Å². The van der Waals surface area contributed by atoms with Gasteiger partial charge in [-0.2, -0.15) is 0 Å². The zero-order chi connectivity index (χ0) is 12.6. The monoisotopic (exact) mass is 240 g/mol. The Morgan fingerprint density at radius 2 is 1.71 bits per heavy atom. The molecule has 5 nitrogen and oxygen atoms in total. The van der Waals surface area contributed by atoms with E-state index in [2.05, 4.69) is 0 Å². The maximum Gasteiger partial charge on any atom is 0.229 e. The van der Waals surface area contributed by atoms with E-state index in [0.29, 0.717) is 13.1 Å². The third-order valence-electron chi connectivity index (χ3n) is 3.91. The Balaban J connectivity index is 2.18. The summed E-state index contributed by atoms with van der Waals surface area (Å²) < 4.78 is 5.55. The molecule has 2 aliphatic heterocycles. The van der Waals surface area contributed by atoms with Gasteiger partial charge in [-0.3, -0.25) is 4.79 Å². The Kier molecular flexibility index (Phi) is 3.38. The summed E-state index contributed by atoms with van der Waals surface area (Å²) in [5.74, 6) is -2.56. The topological polar surface area (TPSA) is 69.7 Å². The summed E-state index contributed by atoms with van der Waals surface area (Å²) in [5.41, 5.74) is 0. The van der Waals surface area contributed by atoms with Crippen LogP contribution in [0.3, 0.4) is 0 Å². The van der Waals surface area contributed by atoms with E-state index in [1.54, 1.807) is 4.90 Å². The molecule has 2 aliphatic rings. The summed E-state index contributed by atoms with van der Waals surface area (Å²) in [6, 6.07) is 0. The lowest BCUT2D eigenvalue weighted by Crippen LogP contribution is -2.49. The highest BCUT2D eigenvalue weighted by Crippen LogP contribution is 2.43. The molecule has 17 heavy (non-hydrogen) atoms. The number of nitrogens with zero attached hydrogens (tertiary/aromatic N) is 1. The summed E-state index contributed by atoms with van der Waals surface area (Å²) in [6.45, 7) is 4.99. The number of rotatable bonds is 4. The van der Waals surface area contributed by atoms with Crippen molar-refractivity contribution >= 4 is 11.9 Å². The molecule has 2 saturated heterocycles. The van der Waals surface area contributed by atoms with Gasteiger partial charge in [0.15, 0.2) is 0 Å². The molecule has 0 aliphatic carbocycles. The van der Waals surface area contributed by atoms with Crippen molar-refractivity contribution in [3.8, 4) is 0 Å². The van der Waals surface area contributed by atoms with Gasteiger partial charge in [0.2, 0.25) is 5.91 Å². The number of fused-ring (bicyclic) bond motifs is 2. The van der Waals surface area contributed by atoms with Crippen LogP contribution in [0.2, 0.25) is 0 Å². The quantitative estimate of drug-likeness (QED) is 0.658. The lowest BCUT2D eigenvalue weighted by molar-refractivity contribution is -0.314. The molecule has 2 heterocycles. The highest BCUT2D eigenvalue weighted by atomic mass is 16.5. The van der Waals surface area contributed by atoms with Crippen LogP contribution in [0.15, 0.2) is 0 Å². The van der Waals surface area contributed by atoms with Crippen molar-refractivity contribution in [3.63, 3.8) is 0 Å². The summed E-state index contributed by atoms with van der Waals surface area (Å²) in [7, 11) is 0. The number of amides is 1. The van der Waals surface area contributed by atoms with Crippen molar-refractivity contribution in [1.29, 1.82) is 0 Å². The molecule has 0 N–H and O–H groups in total. The van der Waals surface area contributed by atoms with E-state index in [-0.39, 0.29) is 18.1 Å². The van der Waals surface area contributed by atoms with Crippen LogP contribution in [-0.2, 0) is 14.3 Å². The minimum atomic E-state index is -1.15. The lowest BCUT2D eigenvalue weighted by atomic mass is 9.78. The van der Waals surface area contributed by atoms with Gasteiger partial charge in [0, 0.05) is 25.0 Å². The van der Waals surface area contributed by atoms with Gasteiger partial charge in [-0.1, -0.05) is 0 Å². The van der Waals surface area contributed by atoms with Crippen molar-refractivity contribution in [3.05, 3.63) is 0 Å². The first-order valence-electron chi connectivity index (χ1n) is 6.25. The lowest BCUT2D eigenvalue weighted by Gasteiger charge is -2.31. The second kappa shape index (κ2) is 4.64. The van der Waals surface area contributed by atoms with Gasteiger partial charge in [-0.25, -0.2) is 0 Å². The number of ether oxygens (including phenoxy) is 1. The fourth-order valence-corrected chi connectivity index (χ4v) is 3.04. The van der Waals surface area contributed by atoms with Crippen LogP contribution < -0.4 is 5.11 Å². The molecule has 0 aromatic rings. The Morgan fingerprint density at radius 1 is 1.18 bits per heavy atom. The number of hydrogen-bond donors (Lipinski definition) is 0. The van der Waals surface area contributed by atoms with Crippen molar-refractivity contribution in [2.75, 3.05) is 13.1 Å². The summed E-state index contributed by atoms with van der Waals surface area (Å²) in [5, 5.41) is 11.1. The Morgan fingerprint density at radius 3 is 2.18 bits per heavy atom. The number of carboxylic acid groups (broad SMARTS) is 1. The molecule has 4 atom stereocenters. The molecule has 0 saturated carbocycles. The number of carbonyl (C=O) groups is 2. The molecule has 0 radical (unpaired) electrons. The molecule has 0 aromatic carbocycles. The number of carbonyl (C=O) groups excluding carboxylic acids is 2. The molecule has 2 fully saturated rings. The molecule has 0 spiro atoms. The van der Waals surface area contributed by atoms with Crippen LogP contribution in [0.5, 0.6) is 0 Å². The molecular formula is C12H18NO4-. The van der Waals surface area contributed by atoms with Crippen molar-refractivity contribution in [2.24, 2.45) is 11.8 Å². The molecule has 5 heteroatoms. The zero-order valence-corrected chi connectivity index (χ0v) is 10.2. The van der Waals surface area contributed by atoms with Gasteiger partial charge in [0.05, 0.1) is 18.1 Å². The first-order valence-corrected chi connectivity index (χ1v) is 6.25. The van der Waals surface area contributed by atoms with E-state index in [1.165, 1.54) is 0 Å². The van der Waals surface area contributed by atoms with E-state index in [9.17, 15) is 14.7 Å². The van der Waals surface area contributed by atoms with Crippen LogP contribution in [0.25, 0.3) is 0 Å². The number of hydrogen-bond acceptors (Lipinski definition) is 4. The fourth-order valence-electron chi connectivity index (χ4n) is 3.04. The summed E-state index contributed by atoms with van der Waals surface area (Å²) in [6.07, 6.45) is 0.961. The minimum absolute atomic E-state index is 0.101. The third-order valence-corrected chi connectivity index (χ3v) is 3.91. The fraction of sp³-hybridized carbons (Fsp3) is 0.833. The summed E-state index contributed by atoms with van der Waals surface area (Å²) >= 11 is 0. The molecule has 0 unspecified atom stereocenters. The van der Waals surface area contributed by atoms with Gasteiger partial charge in [-0.15, -0.1) is 0 Å². The van der Waals surface area contributed by atoms with E-state index in [1.807, 2.05) is 13.8 Å². The van der Waals surface area contributed by atoms with E-state index in [0.717, 1.165) is 12.8 Å². The van der Waals surface area contributed by atoms with Gasteiger partial charge in [-0.05, 0) is 26.7 Å². The van der Waals surface area contributed by atoms with Crippen molar-refractivity contribution in [1.82, 2.24) is 4.90 Å². The largest absolute Gasteiger partial charge is 0.550 e. The first kappa shape index (κ1) is 12.4. The second-order valence-electron chi connectivity index (χ2n) is 4.67. The molecule has 1 amide bonds. The summed E-state index contributed by atoms with van der Waals surface area (Å²) in [4.78, 5) is 25.1. The van der Waals surface area contributed by atoms with Gasteiger partial charge >= 0.3 is 0 Å². The normalized spacial score (nSPS) is 34.9. The smallest absolute Gasteiger partial charge is 0.229 e. The third kappa shape index (κ3) is 1.92. The molecule has 2 bridgehead atoms. The van der Waals surface area contributed by atoms with E-state index in [4.69, 9.17) is 4.74 Å². The number of aliphatic carboxylic acids is 1. The Bertz CT molecular complexity index is 326. The average molecular weight is 240 g/mol. The molecule has 96 valence electrons. The first-order chi connectivity index (χ1) is 8.10. The Labute approximate surface area is 101 Å². The molecule has 2 rings (SSSR count). The minimum Gasteiger partial charge on any atom is -0.550 e. The standard InChI is InChI=1S/C12H19NO4/c1-3-13(4-2)11(14)9-7-5-6-8(17-7)10(9)12(15)16/h7-10H,3-6H2,1-2H3,(H,15,16)/p-1/t7-,8+,9-,10-/m0/s1. The van der Waals surface area contributed by atoms with Gasteiger partial charge < -0.3 is 19.5 Å². The predicted molar refractivity (Wildman–Crippen MR) is 57.8 cm³/mol. The van der Waals surface area contributed by atoms with Crippen LogP contribution in [0, 0.1) is 11.8 Å². The SMILES string of the molecule is CCN(CC)C(=O)[C@@H]1[C@@H](C(=O)[O-])[C@H]2CC[C@@H]1O2. The van der Waals surface area contributed by atoms with Crippen molar-refractivity contribution < 1.29 is 19.4 Å².